The van der Waals surface area contributed by atoms with E-state index in [4.69, 9.17) is 0 Å². The summed E-state index contributed by atoms with van der Waals surface area (Å²) in [5.41, 5.74) is 0. The second-order valence-electron chi connectivity index (χ2n) is 5.27. The van der Waals surface area contributed by atoms with Crippen LogP contribution in [0, 0.1) is 11.8 Å². The minimum absolute atomic E-state index is 0.0344. The summed E-state index contributed by atoms with van der Waals surface area (Å²) in [5.74, 6) is -3.95. The fourth-order valence-corrected chi connectivity index (χ4v) is 2.76. The molecule has 0 radical (unpaired) electrons. The summed E-state index contributed by atoms with van der Waals surface area (Å²) in [4.78, 5) is 35.6. The number of halogens is 3. The van der Waals surface area contributed by atoms with Gasteiger partial charge in [0.2, 0.25) is 17.7 Å². The molecule has 1 aliphatic carbocycles. The van der Waals surface area contributed by atoms with E-state index in [-0.39, 0.29) is 25.9 Å². The standard InChI is InChI=1S/C12H15F3N2O3/c13-12(14,15)8-3-1-2-7(4-8)11(20)17-5-9(18)16-10(19)6-17/h7-8H,1-6H2,(H,16,18,19). The van der Waals surface area contributed by atoms with Crippen LogP contribution < -0.4 is 5.32 Å². The summed E-state index contributed by atoms with van der Waals surface area (Å²) in [5, 5.41) is 2.05. The first-order valence-corrected chi connectivity index (χ1v) is 6.45. The van der Waals surface area contributed by atoms with Crippen molar-refractivity contribution in [3.8, 4) is 0 Å². The van der Waals surface area contributed by atoms with Gasteiger partial charge in [-0.3, -0.25) is 19.7 Å². The fraction of sp³-hybridized carbons (Fsp3) is 0.750. The van der Waals surface area contributed by atoms with Crippen LogP contribution in [-0.2, 0) is 14.4 Å². The highest BCUT2D eigenvalue weighted by Crippen LogP contribution is 2.40. The van der Waals surface area contributed by atoms with Crippen molar-refractivity contribution in [1.29, 1.82) is 0 Å². The van der Waals surface area contributed by atoms with Gasteiger partial charge in [0.25, 0.3) is 0 Å². The SMILES string of the molecule is O=C1CN(C(=O)C2CCCC(C(F)(F)F)C2)CC(=O)N1. The molecule has 0 aromatic rings. The Labute approximate surface area is 113 Å². The van der Waals surface area contributed by atoms with E-state index in [0.29, 0.717) is 12.8 Å². The topological polar surface area (TPSA) is 66.5 Å². The molecule has 0 aromatic carbocycles. The number of rotatable bonds is 1. The van der Waals surface area contributed by atoms with Gasteiger partial charge >= 0.3 is 6.18 Å². The Bertz CT molecular complexity index is 420. The minimum Gasteiger partial charge on any atom is -0.324 e. The molecule has 1 aliphatic heterocycles. The molecule has 0 aromatic heterocycles. The Hall–Kier alpha value is -1.60. The number of nitrogens with one attached hydrogen (secondary N) is 1. The van der Waals surface area contributed by atoms with E-state index in [1.165, 1.54) is 0 Å². The maximum absolute atomic E-state index is 12.7. The van der Waals surface area contributed by atoms with Crippen molar-refractivity contribution in [2.45, 2.75) is 31.9 Å². The molecular weight excluding hydrogens is 277 g/mol. The van der Waals surface area contributed by atoms with Crippen molar-refractivity contribution in [2.75, 3.05) is 13.1 Å². The van der Waals surface area contributed by atoms with E-state index in [0.717, 1.165) is 4.90 Å². The first-order chi connectivity index (χ1) is 9.27. The molecule has 8 heteroatoms. The lowest BCUT2D eigenvalue weighted by Gasteiger charge is -2.34. The lowest BCUT2D eigenvalue weighted by molar-refractivity contribution is -0.187. The number of hydrogen-bond acceptors (Lipinski definition) is 3. The molecule has 0 bridgehead atoms. The van der Waals surface area contributed by atoms with Gasteiger partial charge in [-0.1, -0.05) is 6.42 Å². The summed E-state index contributed by atoms with van der Waals surface area (Å²) >= 11 is 0. The molecule has 20 heavy (non-hydrogen) atoms. The molecule has 2 atom stereocenters. The zero-order chi connectivity index (χ0) is 14.9. The van der Waals surface area contributed by atoms with Gasteiger partial charge < -0.3 is 4.90 Å². The van der Waals surface area contributed by atoms with Gasteiger partial charge in [-0.15, -0.1) is 0 Å². The normalized spacial score (nSPS) is 28.2. The predicted octanol–water partition coefficient (Wildman–Crippen LogP) is 0.840. The van der Waals surface area contributed by atoms with E-state index >= 15 is 0 Å². The molecule has 1 saturated carbocycles. The third-order valence-corrected chi connectivity index (χ3v) is 3.75. The highest BCUT2D eigenvalue weighted by molar-refractivity contribution is 6.02. The number of piperazine rings is 1. The molecular formula is C12H15F3N2O3. The molecule has 1 saturated heterocycles. The summed E-state index contributed by atoms with van der Waals surface area (Å²) < 4.78 is 38.1. The van der Waals surface area contributed by atoms with Crippen LogP contribution in [0.15, 0.2) is 0 Å². The number of carbonyl (C=O) groups excluding carboxylic acids is 3. The lowest BCUT2D eigenvalue weighted by atomic mass is 9.80. The van der Waals surface area contributed by atoms with Gasteiger partial charge in [0.15, 0.2) is 0 Å². The molecule has 2 rings (SSSR count). The number of alkyl halides is 3. The molecule has 2 unspecified atom stereocenters. The third kappa shape index (κ3) is 3.29. The number of carbonyl (C=O) groups is 3. The molecule has 0 spiro atoms. The van der Waals surface area contributed by atoms with Gasteiger partial charge in [-0.05, 0) is 19.3 Å². The van der Waals surface area contributed by atoms with E-state index < -0.39 is 35.7 Å². The van der Waals surface area contributed by atoms with E-state index in [9.17, 15) is 27.6 Å². The van der Waals surface area contributed by atoms with Crippen LogP contribution in [-0.4, -0.2) is 41.9 Å². The second kappa shape index (κ2) is 5.41. The number of nitrogens with zero attached hydrogens (tertiary/aromatic N) is 1. The first-order valence-electron chi connectivity index (χ1n) is 6.45. The Balaban J connectivity index is 2.01. The minimum atomic E-state index is -4.30. The fourth-order valence-electron chi connectivity index (χ4n) is 2.76. The van der Waals surface area contributed by atoms with Crippen molar-refractivity contribution >= 4 is 17.7 Å². The summed E-state index contributed by atoms with van der Waals surface area (Å²) in [6.45, 7) is -0.532. The number of amides is 3. The van der Waals surface area contributed by atoms with Crippen molar-refractivity contribution in [1.82, 2.24) is 10.2 Å². The quantitative estimate of drug-likeness (QED) is 0.728. The van der Waals surface area contributed by atoms with Gasteiger partial charge in [-0.25, -0.2) is 0 Å². The Morgan fingerprint density at radius 3 is 2.30 bits per heavy atom. The zero-order valence-corrected chi connectivity index (χ0v) is 10.7. The smallest absolute Gasteiger partial charge is 0.324 e. The Morgan fingerprint density at radius 2 is 1.75 bits per heavy atom. The molecule has 5 nitrogen and oxygen atoms in total. The van der Waals surface area contributed by atoms with E-state index in [2.05, 4.69) is 0 Å². The predicted molar refractivity (Wildman–Crippen MR) is 61.2 cm³/mol. The number of imide groups is 1. The van der Waals surface area contributed by atoms with Crippen molar-refractivity contribution in [2.24, 2.45) is 11.8 Å². The molecule has 2 fully saturated rings. The van der Waals surface area contributed by atoms with Crippen LogP contribution in [0.3, 0.4) is 0 Å². The van der Waals surface area contributed by atoms with Gasteiger partial charge in [0.1, 0.15) is 13.1 Å². The van der Waals surface area contributed by atoms with E-state index in [1.807, 2.05) is 5.32 Å². The molecule has 2 aliphatic rings. The second-order valence-corrected chi connectivity index (χ2v) is 5.27. The van der Waals surface area contributed by atoms with Crippen LogP contribution in [0.25, 0.3) is 0 Å². The zero-order valence-electron chi connectivity index (χ0n) is 10.7. The summed E-state index contributed by atoms with van der Waals surface area (Å²) in [6.07, 6.45) is -3.82. The average molecular weight is 292 g/mol. The van der Waals surface area contributed by atoms with Crippen LogP contribution in [0.2, 0.25) is 0 Å². The van der Waals surface area contributed by atoms with Gasteiger partial charge in [-0.2, -0.15) is 13.2 Å². The molecule has 112 valence electrons. The Kier molecular flexibility index (Phi) is 4.01. The maximum Gasteiger partial charge on any atom is 0.391 e. The lowest BCUT2D eigenvalue weighted by Crippen LogP contribution is -2.55. The highest BCUT2D eigenvalue weighted by Gasteiger charge is 2.44. The average Bonchev–Trinajstić information content (AvgIpc) is 2.36. The van der Waals surface area contributed by atoms with E-state index in [1.54, 1.807) is 0 Å². The van der Waals surface area contributed by atoms with Crippen molar-refractivity contribution in [3.63, 3.8) is 0 Å². The maximum atomic E-state index is 12.7. The van der Waals surface area contributed by atoms with Crippen LogP contribution in [0.5, 0.6) is 0 Å². The molecule has 3 amide bonds. The Morgan fingerprint density at radius 1 is 1.15 bits per heavy atom. The highest BCUT2D eigenvalue weighted by atomic mass is 19.4. The van der Waals surface area contributed by atoms with Gasteiger partial charge in [0.05, 0.1) is 5.92 Å². The van der Waals surface area contributed by atoms with Gasteiger partial charge in [0, 0.05) is 5.92 Å². The first kappa shape index (κ1) is 14.8. The molecule has 1 heterocycles. The largest absolute Gasteiger partial charge is 0.391 e. The summed E-state index contributed by atoms with van der Waals surface area (Å²) in [7, 11) is 0. The van der Waals surface area contributed by atoms with Crippen molar-refractivity contribution < 1.29 is 27.6 Å². The van der Waals surface area contributed by atoms with Crippen molar-refractivity contribution in [3.05, 3.63) is 0 Å². The number of hydrogen-bond donors (Lipinski definition) is 1. The summed E-state index contributed by atoms with van der Waals surface area (Å²) in [6, 6.07) is 0. The van der Waals surface area contributed by atoms with Crippen LogP contribution in [0.4, 0.5) is 13.2 Å². The van der Waals surface area contributed by atoms with Crippen LogP contribution in [0.1, 0.15) is 25.7 Å². The third-order valence-electron chi connectivity index (χ3n) is 3.75. The monoisotopic (exact) mass is 292 g/mol. The van der Waals surface area contributed by atoms with Crippen LogP contribution >= 0.6 is 0 Å². The molecule has 1 N–H and O–H groups in total.